The van der Waals surface area contributed by atoms with Crippen LogP contribution in [0.15, 0.2) is 0 Å². The summed E-state index contributed by atoms with van der Waals surface area (Å²) < 4.78 is 0. The molecule has 0 saturated heterocycles. The largest absolute Gasteiger partial charge is 0.395 e. The molecule has 1 heterocycles. The van der Waals surface area contributed by atoms with Gasteiger partial charge >= 0.3 is 0 Å². The fourth-order valence-corrected chi connectivity index (χ4v) is 1.34. The number of nitrogens with two attached hydrogens (primary N) is 1. The van der Waals surface area contributed by atoms with Gasteiger partial charge in [0.15, 0.2) is 0 Å². The van der Waals surface area contributed by atoms with Crippen molar-refractivity contribution in [2.75, 3.05) is 48.7 Å². The summed E-state index contributed by atoms with van der Waals surface area (Å²) in [5.41, 5.74) is 5.43. The summed E-state index contributed by atoms with van der Waals surface area (Å²) in [5, 5.41) is 17.9. The van der Waals surface area contributed by atoms with Crippen LogP contribution >= 0.6 is 0 Å². The van der Waals surface area contributed by atoms with E-state index in [4.69, 9.17) is 10.8 Å². The minimum absolute atomic E-state index is 0.0237. The third-order valence-electron chi connectivity index (χ3n) is 2.27. The Bertz CT molecular complexity index is 335. The monoisotopic (exact) mass is 269 g/mol. The first kappa shape index (κ1) is 15.4. The van der Waals surface area contributed by atoms with Crippen molar-refractivity contribution < 1.29 is 5.11 Å². The normalized spacial score (nSPS) is 10.3. The number of aliphatic hydroxyl groups excluding tert-OH is 1. The Balaban J connectivity index is 2.70. The minimum Gasteiger partial charge on any atom is -0.395 e. The second-order valence-corrected chi connectivity index (χ2v) is 3.95. The van der Waals surface area contributed by atoms with Crippen molar-refractivity contribution in [1.29, 1.82) is 0 Å². The van der Waals surface area contributed by atoms with E-state index in [-0.39, 0.29) is 6.61 Å². The van der Waals surface area contributed by atoms with Gasteiger partial charge in [0.25, 0.3) is 0 Å². The molecule has 0 spiro atoms. The number of hydrogen-bond donors (Lipinski definition) is 5. The molecule has 0 aliphatic heterocycles. The molecule has 0 unspecified atom stereocenters. The van der Waals surface area contributed by atoms with E-state index < -0.39 is 0 Å². The first-order valence-electron chi connectivity index (χ1n) is 6.58. The van der Waals surface area contributed by atoms with Gasteiger partial charge < -0.3 is 26.8 Å². The molecule has 8 nitrogen and oxygen atoms in total. The Morgan fingerprint density at radius 3 is 1.95 bits per heavy atom. The highest BCUT2D eigenvalue weighted by Crippen LogP contribution is 2.09. The van der Waals surface area contributed by atoms with Gasteiger partial charge in [0, 0.05) is 26.2 Å². The van der Waals surface area contributed by atoms with Crippen LogP contribution in [0.4, 0.5) is 17.8 Å². The standard InChI is InChI=1S/C11H23N7O/c1-2-3-5-13-9-16-10(14-6-4-12)18-11(17-9)15-7-8-19/h19H,2-8,12H2,1H3,(H3,13,14,15,16,17,18). The van der Waals surface area contributed by atoms with Crippen LogP contribution in [0.3, 0.4) is 0 Å². The summed E-state index contributed by atoms with van der Waals surface area (Å²) in [4.78, 5) is 12.7. The lowest BCUT2D eigenvalue weighted by Crippen LogP contribution is -2.18. The van der Waals surface area contributed by atoms with Gasteiger partial charge in [-0.25, -0.2) is 0 Å². The molecule has 0 atom stereocenters. The molecular weight excluding hydrogens is 246 g/mol. The third kappa shape index (κ3) is 6.16. The molecule has 0 saturated carbocycles. The number of unbranched alkanes of at least 4 members (excludes halogenated alkanes) is 1. The van der Waals surface area contributed by atoms with Crippen molar-refractivity contribution in [1.82, 2.24) is 15.0 Å². The highest BCUT2D eigenvalue weighted by atomic mass is 16.3. The predicted molar refractivity (Wildman–Crippen MR) is 76.3 cm³/mol. The molecule has 108 valence electrons. The van der Waals surface area contributed by atoms with Crippen molar-refractivity contribution in [2.45, 2.75) is 19.8 Å². The molecule has 0 aromatic carbocycles. The van der Waals surface area contributed by atoms with E-state index in [0.717, 1.165) is 19.4 Å². The van der Waals surface area contributed by atoms with E-state index in [1.54, 1.807) is 0 Å². The molecule has 0 aliphatic rings. The van der Waals surface area contributed by atoms with Crippen LogP contribution in [0.2, 0.25) is 0 Å². The van der Waals surface area contributed by atoms with E-state index in [1.165, 1.54) is 0 Å². The fourth-order valence-electron chi connectivity index (χ4n) is 1.34. The maximum Gasteiger partial charge on any atom is 0.229 e. The smallest absolute Gasteiger partial charge is 0.229 e. The first-order valence-corrected chi connectivity index (χ1v) is 6.58. The van der Waals surface area contributed by atoms with E-state index >= 15 is 0 Å². The van der Waals surface area contributed by atoms with Crippen LogP contribution in [0.1, 0.15) is 19.8 Å². The fraction of sp³-hybridized carbons (Fsp3) is 0.727. The Kier molecular flexibility index (Phi) is 7.52. The van der Waals surface area contributed by atoms with Gasteiger partial charge in [-0.15, -0.1) is 0 Å². The third-order valence-corrected chi connectivity index (χ3v) is 2.27. The van der Waals surface area contributed by atoms with Crippen molar-refractivity contribution in [2.24, 2.45) is 5.73 Å². The number of rotatable bonds is 10. The van der Waals surface area contributed by atoms with Crippen LogP contribution in [-0.2, 0) is 0 Å². The number of hydrogen-bond acceptors (Lipinski definition) is 8. The molecule has 6 N–H and O–H groups in total. The van der Waals surface area contributed by atoms with E-state index in [0.29, 0.717) is 37.5 Å². The van der Waals surface area contributed by atoms with Crippen LogP contribution in [0.5, 0.6) is 0 Å². The first-order chi connectivity index (χ1) is 9.30. The molecule has 1 aromatic heterocycles. The summed E-state index contributed by atoms with van der Waals surface area (Å²) in [5.74, 6) is 1.42. The van der Waals surface area contributed by atoms with Gasteiger partial charge in [0.2, 0.25) is 17.8 Å². The maximum absolute atomic E-state index is 8.80. The van der Waals surface area contributed by atoms with Gasteiger partial charge in [0.05, 0.1) is 6.61 Å². The molecule has 0 radical (unpaired) electrons. The molecule has 19 heavy (non-hydrogen) atoms. The molecule has 0 aliphatic carbocycles. The quantitative estimate of drug-likeness (QED) is 0.372. The Morgan fingerprint density at radius 2 is 1.47 bits per heavy atom. The predicted octanol–water partition coefficient (Wildman–Crippen LogP) is -0.142. The number of aromatic nitrogens is 3. The number of aliphatic hydroxyl groups is 1. The van der Waals surface area contributed by atoms with Gasteiger partial charge in [-0.3, -0.25) is 0 Å². The van der Waals surface area contributed by atoms with E-state index in [1.807, 2.05) is 0 Å². The van der Waals surface area contributed by atoms with Gasteiger partial charge in [-0.05, 0) is 6.42 Å². The summed E-state index contributed by atoms with van der Waals surface area (Å²) in [6, 6.07) is 0. The lowest BCUT2D eigenvalue weighted by Gasteiger charge is -2.10. The van der Waals surface area contributed by atoms with Crippen molar-refractivity contribution in [3.63, 3.8) is 0 Å². The lowest BCUT2D eigenvalue weighted by atomic mass is 10.3. The topological polar surface area (TPSA) is 121 Å². The van der Waals surface area contributed by atoms with Crippen molar-refractivity contribution >= 4 is 17.8 Å². The van der Waals surface area contributed by atoms with Crippen LogP contribution in [0, 0.1) is 0 Å². The lowest BCUT2D eigenvalue weighted by molar-refractivity contribution is 0.311. The Morgan fingerprint density at radius 1 is 0.947 bits per heavy atom. The van der Waals surface area contributed by atoms with Gasteiger partial charge in [-0.2, -0.15) is 15.0 Å². The number of nitrogens with zero attached hydrogens (tertiary/aromatic N) is 3. The summed E-state index contributed by atoms with van der Waals surface area (Å²) in [6.45, 7) is 4.46. The SMILES string of the molecule is CCCCNc1nc(NCCN)nc(NCCO)n1. The minimum atomic E-state index is 0.0237. The zero-order valence-electron chi connectivity index (χ0n) is 11.3. The zero-order valence-corrected chi connectivity index (χ0v) is 11.3. The van der Waals surface area contributed by atoms with Gasteiger partial charge in [-0.1, -0.05) is 13.3 Å². The van der Waals surface area contributed by atoms with E-state index in [9.17, 15) is 0 Å². The summed E-state index contributed by atoms with van der Waals surface area (Å²) >= 11 is 0. The number of nitrogens with one attached hydrogen (secondary N) is 3. The summed E-state index contributed by atoms with van der Waals surface area (Å²) in [6.07, 6.45) is 2.16. The van der Waals surface area contributed by atoms with Crippen LogP contribution < -0.4 is 21.7 Å². The second-order valence-electron chi connectivity index (χ2n) is 3.95. The maximum atomic E-state index is 8.80. The molecular formula is C11H23N7O. The second kappa shape index (κ2) is 9.29. The number of anilines is 3. The average Bonchev–Trinajstić information content (AvgIpc) is 2.43. The Labute approximate surface area is 113 Å². The molecule has 1 rings (SSSR count). The van der Waals surface area contributed by atoms with Crippen molar-refractivity contribution in [3.05, 3.63) is 0 Å². The molecule has 0 bridgehead atoms. The highest BCUT2D eigenvalue weighted by molar-refractivity contribution is 5.42. The zero-order chi connectivity index (χ0) is 13.9. The molecule has 1 aromatic rings. The van der Waals surface area contributed by atoms with Crippen LogP contribution in [-0.4, -0.2) is 52.8 Å². The van der Waals surface area contributed by atoms with Crippen molar-refractivity contribution in [3.8, 4) is 0 Å². The molecule has 0 amide bonds. The average molecular weight is 269 g/mol. The molecule has 8 heteroatoms. The molecule has 0 fully saturated rings. The van der Waals surface area contributed by atoms with E-state index in [2.05, 4.69) is 37.8 Å². The van der Waals surface area contributed by atoms with Gasteiger partial charge in [0.1, 0.15) is 0 Å². The Hall–Kier alpha value is -1.67. The van der Waals surface area contributed by atoms with Crippen LogP contribution in [0.25, 0.3) is 0 Å². The summed E-state index contributed by atoms with van der Waals surface area (Å²) in [7, 11) is 0. The highest BCUT2D eigenvalue weighted by Gasteiger charge is 2.05.